The largest absolute Gasteiger partial charge is 0.450 e. The maximum absolute atomic E-state index is 12.7. The Kier molecular flexibility index (Phi) is 9.01. The zero-order valence-corrected chi connectivity index (χ0v) is 20.3. The maximum atomic E-state index is 12.7. The minimum atomic E-state index is -3.44. The van der Waals surface area contributed by atoms with Crippen LogP contribution < -0.4 is 15.4 Å². The van der Waals surface area contributed by atoms with Crippen LogP contribution in [-0.4, -0.2) is 70.0 Å². The molecule has 0 radical (unpaired) electrons. The Morgan fingerprint density at radius 1 is 1.27 bits per heavy atom. The van der Waals surface area contributed by atoms with Gasteiger partial charge in [0.2, 0.25) is 10.0 Å². The summed E-state index contributed by atoms with van der Waals surface area (Å²) in [5, 5.41) is 3.12. The van der Waals surface area contributed by atoms with Gasteiger partial charge in [0.25, 0.3) is 0 Å². The fourth-order valence-electron chi connectivity index (χ4n) is 3.66. The molecule has 1 aromatic rings. The Bertz CT molecular complexity index is 856. The van der Waals surface area contributed by atoms with Crippen LogP contribution in [0.3, 0.4) is 0 Å². The van der Waals surface area contributed by atoms with Gasteiger partial charge in [-0.3, -0.25) is 9.30 Å². The van der Waals surface area contributed by atoms with Gasteiger partial charge in [-0.15, -0.1) is 24.0 Å². The number of piperidine rings is 1. The predicted octanol–water partition coefficient (Wildman–Crippen LogP) is 1.52. The van der Waals surface area contributed by atoms with Gasteiger partial charge in [-0.1, -0.05) is 18.2 Å². The summed E-state index contributed by atoms with van der Waals surface area (Å²) in [4.78, 5) is 17.6. The van der Waals surface area contributed by atoms with Gasteiger partial charge in [-0.25, -0.2) is 13.2 Å². The number of nitrogens with one attached hydrogen (secondary N) is 1. The summed E-state index contributed by atoms with van der Waals surface area (Å²) in [6, 6.07) is 7.66. The molecule has 11 heteroatoms. The number of carbonyl (C=O) groups is 1. The molecule has 0 aliphatic carbocycles. The van der Waals surface area contributed by atoms with E-state index in [4.69, 9.17) is 10.5 Å². The number of nitrogens with zero attached hydrogens (tertiary/aromatic N) is 3. The van der Waals surface area contributed by atoms with Crippen molar-refractivity contribution in [1.82, 2.24) is 10.2 Å². The molecule has 2 heterocycles. The van der Waals surface area contributed by atoms with Crippen LogP contribution in [0.1, 0.15) is 25.3 Å². The highest BCUT2D eigenvalue weighted by Gasteiger charge is 2.28. The second-order valence-corrected chi connectivity index (χ2v) is 9.15. The Morgan fingerprint density at radius 3 is 2.67 bits per heavy atom. The van der Waals surface area contributed by atoms with Crippen molar-refractivity contribution in [2.45, 2.75) is 32.2 Å². The van der Waals surface area contributed by atoms with Crippen molar-refractivity contribution in [3.63, 3.8) is 0 Å². The summed E-state index contributed by atoms with van der Waals surface area (Å²) in [6.07, 6.45) is 1.91. The summed E-state index contributed by atoms with van der Waals surface area (Å²) in [6.45, 7) is 3.90. The number of hydrogen-bond acceptors (Lipinski definition) is 5. The van der Waals surface area contributed by atoms with E-state index in [1.807, 2.05) is 24.3 Å². The molecule has 2 aliphatic rings. The third kappa shape index (κ3) is 6.13. The molecule has 0 unspecified atom stereocenters. The molecule has 0 atom stereocenters. The van der Waals surface area contributed by atoms with Crippen molar-refractivity contribution in [3.8, 4) is 0 Å². The summed E-state index contributed by atoms with van der Waals surface area (Å²) in [5.41, 5.74) is 7.74. The first-order valence-corrected chi connectivity index (χ1v) is 11.6. The van der Waals surface area contributed by atoms with Gasteiger partial charge in [0.1, 0.15) is 0 Å². The molecule has 3 N–H and O–H groups in total. The summed E-state index contributed by atoms with van der Waals surface area (Å²) >= 11 is 0. The summed E-state index contributed by atoms with van der Waals surface area (Å²) in [5.74, 6) is 0.141. The smallest absolute Gasteiger partial charge is 0.409 e. The molecule has 168 valence electrons. The number of benzene rings is 1. The van der Waals surface area contributed by atoms with Crippen LogP contribution in [0.5, 0.6) is 0 Å². The van der Waals surface area contributed by atoms with E-state index in [2.05, 4.69) is 10.3 Å². The quantitative estimate of drug-likeness (QED) is 0.315. The van der Waals surface area contributed by atoms with Crippen LogP contribution in [0, 0.1) is 0 Å². The molecule has 9 nitrogen and oxygen atoms in total. The lowest BCUT2D eigenvalue weighted by Crippen LogP contribution is -2.48. The van der Waals surface area contributed by atoms with E-state index in [9.17, 15) is 13.2 Å². The van der Waals surface area contributed by atoms with E-state index in [1.165, 1.54) is 4.31 Å². The molecule has 0 bridgehead atoms. The zero-order valence-electron chi connectivity index (χ0n) is 17.1. The SMILES string of the molecule is CCOC(=O)N1CCC(NC(N)=NCCS(=O)(=O)N2CCc3ccccc32)CC1.I. The number of guanidine groups is 1. The van der Waals surface area contributed by atoms with Crippen molar-refractivity contribution >= 4 is 51.7 Å². The number of carbonyl (C=O) groups excluding carboxylic acids is 1. The molecular weight excluding hydrogens is 521 g/mol. The van der Waals surface area contributed by atoms with Gasteiger partial charge < -0.3 is 20.7 Å². The van der Waals surface area contributed by atoms with Gasteiger partial charge in [-0.05, 0) is 37.8 Å². The molecule has 30 heavy (non-hydrogen) atoms. The summed E-state index contributed by atoms with van der Waals surface area (Å²) < 4.78 is 31.8. The molecule has 0 saturated carbocycles. The van der Waals surface area contributed by atoms with Crippen molar-refractivity contribution in [2.24, 2.45) is 10.7 Å². The average Bonchev–Trinajstić information content (AvgIpc) is 3.14. The van der Waals surface area contributed by atoms with Gasteiger partial charge in [0.15, 0.2) is 5.96 Å². The number of halogens is 1. The normalized spacial score (nSPS) is 17.3. The number of sulfonamides is 1. The first-order chi connectivity index (χ1) is 13.9. The first-order valence-electron chi connectivity index (χ1n) is 9.97. The van der Waals surface area contributed by atoms with Gasteiger partial charge in [0.05, 0.1) is 24.6 Å². The molecule has 0 spiro atoms. The highest BCUT2D eigenvalue weighted by molar-refractivity contribution is 14.0. The van der Waals surface area contributed by atoms with Crippen LogP contribution >= 0.6 is 24.0 Å². The molecule has 1 fully saturated rings. The highest BCUT2D eigenvalue weighted by atomic mass is 127. The fraction of sp³-hybridized carbons (Fsp3) is 0.579. The molecule has 2 aliphatic heterocycles. The number of rotatable bonds is 6. The number of aliphatic imine (C=N–C) groups is 1. The maximum Gasteiger partial charge on any atom is 0.409 e. The van der Waals surface area contributed by atoms with Crippen LogP contribution in [0.15, 0.2) is 29.3 Å². The molecule has 3 rings (SSSR count). The third-order valence-corrected chi connectivity index (χ3v) is 6.93. The van der Waals surface area contributed by atoms with E-state index in [-0.39, 0.29) is 54.4 Å². The predicted molar refractivity (Wildman–Crippen MR) is 128 cm³/mol. The summed E-state index contributed by atoms with van der Waals surface area (Å²) in [7, 11) is -3.44. The van der Waals surface area contributed by atoms with E-state index < -0.39 is 10.0 Å². The standard InChI is InChI=1S/C19H29N5O4S.HI/c1-2-28-19(25)23-11-8-16(9-12-23)22-18(20)21-10-14-29(26,27)24-13-7-15-5-3-4-6-17(15)24;/h3-6,16H,2,7-14H2,1H3,(H3,20,21,22);1H. The zero-order chi connectivity index (χ0) is 20.9. The Labute approximate surface area is 195 Å². The monoisotopic (exact) mass is 551 g/mol. The second-order valence-electron chi connectivity index (χ2n) is 7.14. The highest BCUT2D eigenvalue weighted by Crippen LogP contribution is 2.29. The second kappa shape index (κ2) is 11.0. The fourth-order valence-corrected chi connectivity index (χ4v) is 5.05. The van der Waals surface area contributed by atoms with E-state index in [1.54, 1.807) is 11.8 Å². The number of anilines is 1. The molecule has 1 saturated heterocycles. The molecule has 1 amide bonds. The molecular formula is C19H30IN5O4S. The Morgan fingerprint density at radius 2 is 1.97 bits per heavy atom. The number of nitrogens with two attached hydrogens (primary N) is 1. The number of hydrogen-bond donors (Lipinski definition) is 2. The van der Waals surface area contributed by atoms with Crippen molar-refractivity contribution in [1.29, 1.82) is 0 Å². The topological polar surface area (TPSA) is 117 Å². The van der Waals surface area contributed by atoms with Crippen LogP contribution in [0.4, 0.5) is 10.5 Å². The lowest BCUT2D eigenvalue weighted by Gasteiger charge is -2.31. The lowest BCUT2D eigenvalue weighted by atomic mass is 10.1. The van der Waals surface area contributed by atoms with Crippen molar-refractivity contribution in [2.75, 3.05) is 42.8 Å². The number of amides is 1. The number of likely N-dealkylation sites (tertiary alicyclic amines) is 1. The van der Waals surface area contributed by atoms with Crippen LogP contribution in [0.2, 0.25) is 0 Å². The minimum Gasteiger partial charge on any atom is -0.450 e. The average molecular weight is 551 g/mol. The minimum absolute atomic E-state index is 0. The van der Waals surface area contributed by atoms with Crippen molar-refractivity contribution in [3.05, 3.63) is 29.8 Å². The number of para-hydroxylation sites is 1. The first kappa shape index (κ1) is 24.5. The van der Waals surface area contributed by atoms with E-state index in [0.29, 0.717) is 26.2 Å². The third-order valence-electron chi connectivity index (χ3n) is 5.18. The van der Waals surface area contributed by atoms with Crippen LogP contribution in [0.25, 0.3) is 0 Å². The molecule has 1 aromatic carbocycles. The van der Waals surface area contributed by atoms with E-state index >= 15 is 0 Å². The van der Waals surface area contributed by atoms with Gasteiger partial charge in [0, 0.05) is 25.7 Å². The van der Waals surface area contributed by atoms with Crippen molar-refractivity contribution < 1.29 is 17.9 Å². The van der Waals surface area contributed by atoms with Gasteiger partial charge >= 0.3 is 6.09 Å². The van der Waals surface area contributed by atoms with E-state index in [0.717, 1.165) is 30.5 Å². The Balaban J connectivity index is 0.00000320. The number of fused-ring (bicyclic) bond motifs is 1. The van der Waals surface area contributed by atoms with Crippen LogP contribution in [-0.2, 0) is 21.2 Å². The lowest BCUT2D eigenvalue weighted by molar-refractivity contribution is 0.0963. The Hall–Kier alpha value is -1.76. The molecule has 0 aromatic heterocycles. The van der Waals surface area contributed by atoms with Gasteiger partial charge in [-0.2, -0.15) is 0 Å². The number of ether oxygens (including phenoxy) is 1.